The second-order valence-corrected chi connectivity index (χ2v) is 6.93. The van der Waals surface area contributed by atoms with Crippen LogP contribution in [0.2, 0.25) is 0 Å². The molecule has 3 aromatic rings. The van der Waals surface area contributed by atoms with Gasteiger partial charge in [0.2, 0.25) is 5.95 Å². The highest BCUT2D eigenvalue weighted by Gasteiger charge is 2.14. The third-order valence-electron chi connectivity index (χ3n) is 4.53. The summed E-state index contributed by atoms with van der Waals surface area (Å²) < 4.78 is 54.2. The number of halogens is 4. The van der Waals surface area contributed by atoms with Gasteiger partial charge in [0.15, 0.2) is 11.6 Å². The number of hydrogen-bond donors (Lipinski definition) is 5. The van der Waals surface area contributed by atoms with Gasteiger partial charge in [-0.2, -0.15) is 0 Å². The Kier molecular flexibility index (Phi) is 7.74. The van der Waals surface area contributed by atoms with E-state index >= 15 is 0 Å². The first-order valence-corrected chi connectivity index (χ1v) is 9.80. The van der Waals surface area contributed by atoms with Crippen molar-refractivity contribution in [3.63, 3.8) is 0 Å². The van der Waals surface area contributed by atoms with Crippen molar-refractivity contribution in [2.75, 3.05) is 23.7 Å². The lowest BCUT2D eigenvalue weighted by Gasteiger charge is -2.09. The molecule has 1 aromatic heterocycles. The number of benzene rings is 2. The van der Waals surface area contributed by atoms with Crippen LogP contribution in [-0.4, -0.2) is 29.1 Å². The maximum absolute atomic E-state index is 14.4. The number of nitrogens with two attached hydrogens (primary N) is 1. The van der Waals surface area contributed by atoms with Crippen molar-refractivity contribution < 1.29 is 22.4 Å². The lowest BCUT2D eigenvalue weighted by Crippen LogP contribution is -2.24. The van der Waals surface area contributed by atoms with Crippen LogP contribution < -0.4 is 27.2 Å². The number of urea groups is 1. The lowest BCUT2D eigenvalue weighted by molar-refractivity contribution is 0.262. The molecule has 3 rings (SSSR count). The molecule has 1 heterocycles. The molecule has 2 amide bonds. The van der Waals surface area contributed by atoms with E-state index in [1.807, 2.05) is 5.32 Å². The Labute approximate surface area is 185 Å². The highest BCUT2D eigenvalue weighted by atomic mass is 19.2. The van der Waals surface area contributed by atoms with E-state index in [9.17, 15) is 27.2 Å². The zero-order valence-corrected chi connectivity index (χ0v) is 17.1. The summed E-state index contributed by atoms with van der Waals surface area (Å²) in [6.45, 7) is 1.47. The van der Waals surface area contributed by atoms with Crippen molar-refractivity contribution >= 4 is 17.7 Å². The molecule has 0 bridgehead atoms. The van der Waals surface area contributed by atoms with Gasteiger partial charge < -0.3 is 16.4 Å². The van der Waals surface area contributed by atoms with E-state index in [1.165, 1.54) is 12.1 Å². The highest BCUT2D eigenvalue weighted by Crippen LogP contribution is 2.20. The van der Waals surface area contributed by atoms with Gasteiger partial charge in [-0.3, -0.25) is 15.1 Å². The number of H-pyrrole nitrogens is 1. The molecule has 0 saturated heterocycles. The van der Waals surface area contributed by atoms with Crippen molar-refractivity contribution in [1.29, 1.82) is 0 Å². The molecule has 0 spiro atoms. The van der Waals surface area contributed by atoms with Crippen LogP contribution >= 0.6 is 0 Å². The Morgan fingerprint density at radius 1 is 1.00 bits per heavy atom. The van der Waals surface area contributed by atoms with E-state index in [2.05, 4.69) is 20.6 Å². The number of anilines is 2. The van der Waals surface area contributed by atoms with Crippen molar-refractivity contribution in [1.82, 2.24) is 15.3 Å². The summed E-state index contributed by atoms with van der Waals surface area (Å²) in [4.78, 5) is 30.5. The van der Waals surface area contributed by atoms with Crippen LogP contribution in [0.3, 0.4) is 0 Å². The summed E-state index contributed by atoms with van der Waals surface area (Å²) in [6.07, 6.45) is 1.88. The van der Waals surface area contributed by atoms with Crippen LogP contribution in [0, 0.1) is 23.3 Å². The molecule has 8 nitrogen and oxygen atoms in total. The van der Waals surface area contributed by atoms with Gasteiger partial charge >= 0.3 is 6.03 Å². The fraction of sp³-hybridized carbons (Fsp3) is 0.190. The van der Waals surface area contributed by atoms with Gasteiger partial charge in [0.25, 0.3) is 5.56 Å². The zero-order chi connectivity index (χ0) is 24.0. The second kappa shape index (κ2) is 10.7. The van der Waals surface area contributed by atoms with Crippen LogP contribution in [0.25, 0.3) is 11.1 Å². The lowest BCUT2D eigenvalue weighted by atomic mass is 10.1. The second-order valence-electron chi connectivity index (χ2n) is 6.93. The minimum Gasteiger partial charge on any atom is -0.330 e. The molecule has 33 heavy (non-hydrogen) atoms. The molecule has 174 valence electrons. The van der Waals surface area contributed by atoms with Gasteiger partial charge in [0, 0.05) is 30.4 Å². The van der Waals surface area contributed by atoms with Crippen LogP contribution in [0.15, 0.2) is 41.3 Å². The van der Waals surface area contributed by atoms with Crippen LogP contribution in [-0.2, 0) is 6.54 Å². The third kappa shape index (κ3) is 6.14. The molecule has 0 aliphatic carbocycles. The topological polar surface area (TPSA) is 125 Å². The number of carbonyl (C=O) groups is 1. The number of aromatic nitrogens is 2. The van der Waals surface area contributed by atoms with E-state index in [1.54, 1.807) is 6.07 Å². The normalized spacial score (nSPS) is 10.8. The van der Waals surface area contributed by atoms with Gasteiger partial charge in [0.05, 0.1) is 11.3 Å². The molecule has 6 N–H and O–H groups in total. The smallest absolute Gasteiger partial charge is 0.326 e. The first-order valence-electron chi connectivity index (χ1n) is 9.80. The summed E-state index contributed by atoms with van der Waals surface area (Å²) in [6, 6.07) is 3.97. The Morgan fingerprint density at radius 3 is 2.45 bits per heavy atom. The van der Waals surface area contributed by atoms with E-state index in [0.717, 1.165) is 12.6 Å². The number of amides is 2. The van der Waals surface area contributed by atoms with Gasteiger partial charge in [-0.05, 0) is 31.1 Å². The van der Waals surface area contributed by atoms with E-state index in [4.69, 9.17) is 5.73 Å². The molecule has 0 radical (unpaired) electrons. The Hall–Kier alpha value is -3.77. The Bertz CT molecular complexity index is 1220. The van der Waals surface area contributed by atoms with Gasteiger partial charge in [-0.15, -0.1) is 0 Å². The minimum absolute atomic E-state index is 0.0501. The van der Waals surface area contributed by atoms with Crippen LogP contribution in [0.1, 0.15) is 12.0 Å². The predicted octanol–water partition coefficient (Wildman–Crippen LogP) is 3.08. The predicted molar refractivity (Wildman–Crippen MR) is 115 cm³/mol. The average Bonchev–Trinajstić information content (AvgIpc) is 2.76. The molecule has 0 atom stereocenters. The number of hydrogen-bond acceptors (Lipinski definition) is 5. The standard InChI is InChI=1S/C21H20F4N6O2/c22-14-6-11(2-3-12(14)9-27-5-1-4-26)13-10-28-20(30-19(13)32)31-21(33)29-18-8-16(24)15(23)7-17(18)25/h2-3,6-8,10,27H,1,4-5,9,26H2,(H3,28,29,30,31,32,33). The SMILES string of the molecule is NCCCNCc1ccc(-c2cnc(NC(=O)Nc3cc(F)c(F)cc3F)[nH]c2=O)cc1F. The van der Waals surface area contributed by atoms with Crippen molar-refractivity contribution in [3.8, 4) is 11.1 Å². The molecular formula is C21H20F4N6O2. The molecular weight excluding hydrogens is 444 g/mol. The first kappa shape index (κ1) is 23.9. The van der Waals surface area contributed by atoms with E-state index < -0.39 is 40.5 Å². The number of aromatic amines is 1. The summed E-state index contributed by atoms with van der Waals surface area (Å²) in [5.74, 6) is -4.77. The number of nitrogens with zero attached hydrogens (tertiary/aromatic N) is 1. The zero-order valence-electron chi connectivity index (χ0n) is 17.1. The van der Waals surface area contributed by atoms with Gasteiger partial charge in [-0.1, -0.05) is 12.1 Å². The Morgan fingerprint density at radius 2 is 1.76 bits per heavy atom. The fourth-order valence-corrected chi connectivity index (χ4v) is 2.85. The molecule has 12 heteroatoms. The summed E-state index contributed by atoms with van der Waals surface area (Å²) in [5.41, 5.74) is 4.85. The molecule has 0 fully saturated rings. The molecule has 0 aliphatic heterocycles. The van der Waals surface area contributed by atoms with Crippen molar-refractivity contribution in [3.05, 3.63) is 75.7 Å². The largest absolute Gasteiger partial charge is 0.330 e. The number of carbonyl (C=O) groups excluding carboxylic acids is 1. The fourth-order valence-electron chi connectivity index (χ4n) is 2.85. The maximum atomic E-state index is 14.4. The Balaban J connectivity index is 1.68. The summed E-state index contributed by atoms with van der Waals surface area (Å²) in [7, 11) is 0. The molecule has 0 unspecified atom stereocenters. The minimum atomic E-state index is -1.41. The number of nitrogens with one attached hydrogen (secondary N) is 4. The highest BCUT2D eigenvalue weighted by molar-refractivity contribution is 5.98. The van der Waals surface area contributed by atoms with Crippen LogP contribution in [0.5, 0.6) is 0 Å². The average molecular weight is 464 g/mol. The molecule has 2 aromatic carbocycles. The van der Waals surface area contributed by atoms with E-state index in [0.29, 0.717) is 31.3 Å². The third-order valence-corrected chi connectivity index (χ3v) is 4.53. The van der Waals surface area contributed by atoms with Gasteiger partial charge in [-0.25, -0.2) is 27.3 Å². The monoisotopic (exact) mass is 464 g/mol. The maximum Gasteiger partial charge on any atom is 0.326 e. The molecule has 0 aliphatic rings. The first-order chi connectivity index (χ1) is 15.8. The van der Waals surface area contributed by atoms with E-state index in [-0.39, 0.29) is 23.1 Å². The summed E-state index contributed by atoms with van der Waals surface area (Å²) in [5, 5.41) is 7.17. The quantitative estimate of drug-likeness (QED) is 0.199. The number of rotatable bonds is 8. The van der Waals surface area contributed by atoms with Crippen molar-refractivity contribution in [2.24, 2.45) is 5.73 Å². The summed E-state index contributed by atoms with van der Waals surface area (Å²) >= 11 is 0. The van der Waals surface area contributed by atoms with Crippen molar-refractivity contribution in [2.45, 2.75) is 13.0 Å². The van der Waals surface area contributed by atoms with Gasteiger partial charge in [0.1, 0.15) is 11.6 Å². The molecule has 0 saturated carbocycles. The van der Waals surface area contributed by atoms with Crippen LogP contribution in [0.4, 0.5) is 34.0 Å².